The molecule has 0 aliphatic rings. The van der Waals surface area contributed by atoms with E-state index < -0.39 is 12.7 Å². The summed E-state index contributed by atoms with van der Waals surface area (Å²) in [4.78, 5) is 8.55. The fourth-order valence-electron chi connectivity index (χ4n) is 1.56. The molecule has 0 saturated carbocycles. The van der Waals surface area contributed by atoms with Gasteiger partial charge in [0.1, 0.15) is 24.0 Å². The molecular formula is C13H21F3N4. The van der Waals surface area contributed by atoms with Gasteiger partial charge in [-0.2, -0.15) is 13.2 Å². The summed E-state index contributed by atoms with van der Waals surface area (Å²) in [6.07, 6.45) is -3.36. The van der Waals surface area contributed by atoms with E-state index in [4.69, 9.17) is 0 Å². The molecule has 1 aromatic heterocycles. The standard InChI is InChI=1S/C13H21F3N4/c1-5-6-17-11-9(4)12(18-7-13(14,15)16)20-10(19-11)8(2)3/h8H,5-7H2,1-4H3,(H2,17,18,19,20). The Balaban J connectivity index is 3.04. The third-order valence-electron chi connectivity index (χ3n) is 2.68. The molecular weight excluding hydrogens is 269 g/mol. The van der Waals surface area contributed by atoms with E-state index in [9.17, 15) is 13.2 Å². The lowest BCUT2D eigenvalue weighted by molar-refractivity contribution is -0.115. The van der Waals surface area contributed by atoms with Crippen LogP contribution in [0.4, 0.5) is 24.8 Å². The molecule has 0 saturated heterocycles. The Hall–Kier alpha value is -1.53. The van der Waals surface area contributed by atoms with E-state index in [1.165, 1.54) is 0 Å². The highest BCUT2D eigenvalue weighted by Gasteiger charge is 2.27. The predicted molar refractivity (Wildman–Crippen MR) is 74.2 cm³/mol. The number of halogens is 3. The average Bonchev–Trinajstić information content (AvgIpc) is 2.34. The van der Waals surface area contributed by atoms with Crippen molar-refractivity contribution in [2.24, 2.45) is 0 Å². The number of nitrogens with zero attached hydrogens (tertiary/aromatic N) is 2. The van der Waals surface area contributed by atoms with E-state index >= 15 is 0 Å². The van der Waals surface area contributed by atoms with Gasteiger partial charge in [0.05, 0.1) is 0 Å². The molecule has 1 heterocycles. The van der Waals surface area contributed by atoms with Gasteiger partial charge in [0.15, 0.2) is 0 Å². The van der Waals surface area contributed by atoms with Crippen LogP contribution in [-0.4, -0.2) is 29.2 Å². The summed E-state index contributed by atoms with van der Waals surface area (Å²) in [6.45, 7) is 7.14. The van der Waals surface area contributed by atoms with Crippen LogP contribution in [0.2, 0.25) is 0 Å². The maximum atomic E-state index is 12.3. The van der Waals surface area contributed by atoms with Crippen LogP contribution < -0.4 is 10.6 Å². The molecule has 0 unspecified atom stereocenters. The molecule has 114 valence electrons. The Labute approximate surface area is 117 Å². The number of hydrogen-bond acceptors (Lipinski definition) is 4. The van der Waals surface area contributed by atoms with Crippen molar-refractivity contribution in [3.63, 3.8) is 0 Å². The number of alkyl halides is 3. The fraction of sp³-hybridized carbons (Fsp3) is 0.692. The second kappa shape index (κ2) is 6.76. The zero-order chi connectivity index (χ0) is 15.3. The average molecular weight is 290 g/mol. The van der Waals surface area contributed by atoms with Gasteiger partial charge in [-0.3, -0.25) is 0 Å². The quantitative estimate of drug-likeness (QED) is 0.838. The lowest BCUT2D eigenvalue weighted by Crippen LogP contribution is -2.23. The van der Waals surface area contributed by atoms with E-state index in [0.29, 0.717) is 23.8 Å². The van der Waals surface area contributed by atoms with E-state index in [2.05, 4.69) is 20.6 Å². The van der Waals surface area contributed by atoms with Crippen LogP contribution in [0, 0.1) is 6.92 Å². The summed E-state index contributed by atoms with van der Waals surface area (Å²) < 4.78 is 36.9. The smallest absolute Gasteiger partial charge is 0.370 e. The molecule has 0 aliphatic heterocycles. The molecule has 0 aromatic carbocycles. The van der Waals surface area contributed by atoms with Crippen LogP contribution in [0.25, 0.3) is 0 Å². The van der Waals surface area contributed by atoms with E-state index in [-0.39, 0.29) is 11.7 Å². The van der Waals surface area contributed by atoms with Crippen molar-refractivity contribution in [3.8, 4) is 0 Å². The van der Waals surface area contributed by atoms with Crippen LogP contribution in [0.5, 0.6) is 0 Å². The molecule has 0 spiro atoms. The largest absolute Gasteiger partial charge is 0.405 e. The molecule has 0 radical (unpaired) electrons. The normalized spacial score (nSPS) is 11.8. The van der Waals surface area contributed by atoms with Gasteiger partial charge in [0.25, 0.3) is 0 Å². The molecule has 20 heavy (non-hydrogen) atoms. The predicted octanol–water partition coefficient (Wildman–Crippen LogP) is 3.70. The Morgan fingerprint density at radius 2 is 1.65 bits per heavy atom. The zero-order valence-corrected chi connectivity index (χ0v) is 12.2. The SMILES string of the molecule is CCCNc1nc(C(C)C)nc(NCC(F)(F)F)c1C. The summed E-state index contributed by atoms with van der Waals surface area (Å²) >= 11 is 0. The molecule has 0 atom stereocenters. The van der Waals surface area contributed by atoms with Crippen LogP contribution in [0.15, 0.2) is 0 Å². The van der Waals surface area contributed by atoms with Crippen molar-refractivity contribution in [2.45, 2.75) is 46.2 Å². The van der Waals surface area contributed by atoms with Crippen LogP contribution >= 0.6 is 0 Å². The number of aromatic nitrogens is 2. The van der Waals surface area contributed by atoms with Crippen molar-refractivity contribution in [1.82, 2.24) is 9.97 Å². The van der Waals surface area contributed by atoms with Crippen molar-refractivity contribution < 1.29 is 13.2 Å². The van der Waals surface area contributed by atoms with Crippen molar-refractivity contribution in [1.29, 1.82) is 0 Å². The van der Waals surface area contributed by atoms with Crippen molar-refractivity contribution >= 4 is 11.6 Å². The van der Waals surface area contributed by atoms with Gasteiger partial charge >= 0.3 is 6.18 Å². The van der Waals surface area contributed by atoms with Crippen LogP contribution in [-0.2, 0) is 0 Å². The first kappa shape index (κ1) is 16.5. The second-order valence-corrected chi connectivity index (χ2v) is 4.95. The summed E-state index contributed by atoms with van der Waals surface area (Å²) in [7, 11) is 0. The molecule has 2 N–H and O–H groups in total. The Morgan fingerprint density at radius 3 is 2.10 bits per heavy atom. The summed E-state index contributed by atoms with van der Waals surface area (Å²) in [5.74, 6) is 1.40. The van der Waals surface area contributed by atoms with Crippen molar-refractivity contribution in [3.05, 3.63) is 11.4 Å². The minimum Gasteiger partial charge on any atom is -0.370 e. The lowest BCUT2D eigenvalue weighted by atomic mass is 10.2. The van der Waals surface area contributed by atoms with E-state index in [1.807, 2.05) is 20.8 Å². The molecule has 0 fully saturated rings. The molecule has 1 rings (SSSR count). The third kappa shape index (κ3) is 4.86. The highest BCUT2D eigenvalue weighted by molar-refractivity contribution is 5.57. The summed E-state index contributed by atoms with van der Waals surface area (Å²) in [5.41, 5.74) is 0.604. The second-order valence-electron chi connectivity index (χ2n) is 4.95. The van der Waals surface area contributed by atoms with Crippen molar-refractivity contribution in [2.75, 3.05) is 23.7 Å². The monoisotopic (exact) mass is 290 g/mol. The minimum atomic E-state index is -4.27. The highest BCUT2D eigenvalue weighted by atomic mass is 19.4. The van der Waals surface area contributed by atoms with Crippen LogP contribution in [0.1, 0.15) is 44.5 Å². The molecule has 4 nitrogen and oxygen atoms in total. The van der Waals surface area contributed by atoms with Gasteiger partial charge in [-0.1, -0.05) is 20.8 Å². The van der Waals surface area contributed by atoms with Gasteiger partial charge in [-0.15, -0.1) is 0 Å². The highest BCUT2D eigenvalue weighted by Crippen LogP contribution is 2.24. The van der Waals surface area contributed by atoms with Gasteiger partial charge in [-0.25, -0.2) is 9.97 Å². The van der Waals surface area contributed by atoms with E-state index in [0.717, 1.165) is 6.42 Å². The first-order chi connectivity index (χ1) is 9.24. The fourth-order valence-corrected chi connectivity index (χ4v) is 1.56. The summed E-state index contributed by atoms with van der Waals surface area (Å²) in [6, 6.07) is 0. The Kier molecular flexibility index (Phi) is 5.59. The molecule has 0 aliphatic carbocycles. The van der Waals surface area contributed by atoms with Gasteiger partial charge in [0.2, 0.25) is 0 Å². The maximum absolute atomic E-state index is 12.3. The topological polar surface area (TPSA) is 49.8 Å². The Morgan fingerprint density at radius 1 is 1.10 bits per heavy atom. The summed E-state index contributed by atoms with van der Waals surface area (Å²) in [5, 5.41) is 5.47. The lowest BCUT2D eigenvalue weighted by Gasteiger charge is -2.17. The number of hydrogen-bond donors (Lipinski definition) is 2. The van der Waals surface area contributed by atoms with Crippen LogP contribution in [0.3, 0.4) is 0 Å². The maximum Gasteiger partial charge on any atom is 0.405 e. The molecule has 1 aromatic rings. The van der Waals surface area contributed by atoms with Gasteiger partial charge in [0, 0.05) is 18.0 Å². The molecule has 0 amide bonds. The minimum absolute atomic E-state index is 0.0456. The zero-order valence-electron chi connectivity index (χ0n) is 12.2. The first-order valence-corrected chi connectivity index (χ1v) is 6.67. The Bertz CT molecular complexity index is 444. The number of anilines is 2. The third-order valence-corrected chi connectivity index (χ3v) is 2.68. The number of rotatable bonds is 6. The van der Waals surface area contributed by atoms with Gasteiger partial charge in [-0.05, 0) is 13.3 Å². The van der Waals surface area contributed by atoms with Gasteiger partial charge < -0.3 is 10.6 Å². The number of nitrogens with one attached hydrogen (secondary N) is 2. The van der Waals surface area contributed by atoms with E-state index in [1.54, 1.807) is 6.92 Å². The molecule has 0 bridgehead atoms. The first-order valence-electron chi connectivity index (χ1n) is 6.67. The molecule has 7 heteroatoms.